The van der Waals surface area contributed by atoms with Gasteiger partial charge in [0, 0.05) is 6.26 Å². The summed E-state index contributed by atoms with van der Waals surface area (Å²) in [6.45, 7) is 0. The Balaban J connectivity index is 3.49. The highest BCUT2D eigenvalue weighted by Gasteiger charge is 2.61. The van der Waals surface area contributed by atoms with Crippen LogP contribution in [0, 0.1) is 0 Å². The molecule has 0 aliphatic heterocycles. The van der Waals surface area contributed by atoms with Gasteiger partial charge >= 0.3 is 5.51 Å². The van der Waals surface area contributed by atoms with Gasteiger partial charge in [-0.3, -0.25) is 0 Å². The fourth-order valence-electron chi connectivity index (χ4n) is 2.10. The highest BCUT2D eigenvalue weighted by molar-refractivity contribution is 8.24. The quantitative estimate of drug-likeness (QED) is 0.664. The van der Waals surface area contributed by atoms with E-state index < -0.39 is 63.2 Å². The maximum absolute atomic E-state index is 13.0. The van der Waals surface area contributed by atoms with Crippen LogP contribution in [0.5, 0.6) is 0 Å². The van der Waals surface area contributed by atoms with Gasteiger partial charge < -0.3 is 0 Å². The van der Waals surface area contributed by atoms with Gasteiger partial charge in [-0.2, -0.15) is 13.2 Å². The molecule has 1 aliphatic rings. The fourth-order valence-corrected chi connectivity index (χ4v) is 10.4. The zero-order valence-corrected chi connectivity index (χ0v) is 13.0. The zero-order valence-electron chi connectivity index (χ0n) is 10.5. The van der Waals surface area contributed by atoms with E-state index in [4.69, 9.17) is 0 Å². The molecule has 126 valence electrons. The Morgan fingerprint density at radius 1 is 1.00 bits per heavy atom. The van der Waals surface area contributed by atoms with Crippen molar-refractivity contribution in [2.24, 2.45) is 0 Å². The van der Waals surface area contributed by atoms with E-state index in [1.807, 2.05) is 0 Å². The number of alkyl halides is 4. The molecule has 0 aromatic rings. The summed E-state index contributed by atoms with van der Waals surface area (Å²) in [5.74, 6) is 0. The van der Waals surface area contributed by atoms with Crippen molar-refractivity contribution in [3.05, 3.63) is 0 Å². The van der Waals surface area contributed by atoms with E-state index in [-0.39, 0.29) is 12.7 Å². The van der Waals surface area contributed by atoms with Gasteiger partial charge in [-0.25, -0.2) is 29.6 Å². The van der Waals surface area contributed by atoms with Crippen molar-refractivity contribution in [3.63, 3.8) is 0 Å². The molecule has 0 heterocycles. The summed E-state index contributed by atoms with van der Waals surface area (Å²) in [5, 5.41) is -1.77. The van der Waals surface area contributed by atoms with Crippen molar-refractivity contribution in [1.29, 1.82) is 0 Å². The second-order valence-corrected chi connectivity index (χ2v) is 12.1. The highest BCUT2D eigenvalue weighted by atomic mass is 32.3. The lowest BCUT2D eigenvalue weighted by Crippen LogP contribution is -2.47. The monoisotopic (exact) mass is 376 g/mol. The predicted octanol–water partition coefficient (Wildman–Crippen LogP) is 0.555. The first-order valence-electron chi connectivity index (χ1n) is 5.47. The van der Waals surface area contributed by atoms with Gasteiger partial charge in [0.2, 0.25) is 0 Å². The van der Waals surface area contributed by atoms with E-state index in [1.54, 1.807) is 0 Å². The molecule has 1 rings (SSSR count). The number of sulfone groups is 3. The molecule has 21 heavy (non-hydrogen) atoms. The molecule has 6 nitrogen and oxygen atoms in total. The normalized spacial score (nSPS) is 26.7. The molecule has 3 unspecified atom stereocenters. The molecular formula is C8H12F4O6S3. The van der Waals surface area contributed by atoms with E-state index in [2.05, 4.69) is 0 Å². The maximum Gasteiger partial charge on any atom is 0.499 e. The highest BCUT2D eigenvalue weighted by Crippen LogP contribution is 2.37. The SMILES string of the molecule is CS(=O)(=O)C(S(=O)(=O)C1CCC(F)C1)S(=O)(=O)C(F)(F)F. The largest absolute Gasteiger partial charge is 0.499 e. The molecule has 0 spiro atoms. The topological polar surface area (TPSA) is 102 Å². The first-order valence-corrected chi connectivity index (χ1v) is 10.6. The van der Waals surface area contributed by atoms with E-state index in [0.29, 0.717) is 0 Å². The van der Waals surface area contributed by atoms with E-state index in [0.717, 1.165) is 0 Å². The van der Waals surface area contributed by atoms with Crippen molar-refractivity contribution >= 4 is 29.5 Å². The Kier molecular flexibility index (Phi) is 4.73. The third-order valence-electron chi connectivity index (χ3n) is 2.98. The molecule has 0 radical (unpaired) electrons. The Morgan fingerprint density at radius 3 is 1.76 bits per heavy atom. The summed E-state index contributed by atoms with van der Waals surface area (Å²) in [4.78, 5) is 0. The third kappa shape index (κ3) is 3.50. The molecule has 13 heteroatoms. The Labute approximate surface area is 119 Å². The van der Waals surface area contributed by atoms with Crippen molar-refractivity contribution in [3.8, 4) is 0 Å². The second kappa shape index (κ2) is 5.33. The maximum atomic E-state index is 13.0. The van der Waals surface area contributed by atoms with Gasteiger partial charge in [-0.05, 0) is 19.3 Å². The zero-order chi connectivity index (χ0) is 16.9. The van der Waals surface area contributed by atoms with Crippen LogP contribution in [0.1, 0.15) is 19.3 Å². The molecule has 0 N–H and O–H groups in total. The van der Waals surface area contributed by atoms with Crippen LogP contribution < -0.4 is 0 Å². The van der Waals surface area contributed by atoms with Gasteiger partial charge in [0.25, 0.3) is 13.8 Å². The fraction of sp³-hybridized carbons (Fsp3) is 1.00. The lowest BCUT2D eigenvalue weighted by molar-refractivity contribution is -0.0434. The first kappa shape index (κ1) is 18.6. The number of rotatable bonds is 4. The second-order valence-electron chi connectivity index (χ2n) is 4.73. The van der Waals surface area contributed by atoms with Gasteiger partial charge in [-0.15, -0.1) is 0 Å². The van der Waals surface area contributed by atoms with Crippen LogP contribution in [0.2, 0.25) is 0 Å². The van der Waals surface area contributed by atoms with Crippen LogP contribution in [0.4, 0.5) is 17.6 Å². The average Bonchev–Trinajstić information content (AvgIpc) is 2.59. The summed E-state index contributed by atoms with van der Waals surface area (Å²) in [5.41, 5.74) is -6.05. The van der Waals surface area contributed by atoms with Gasteiger partial charge in [0.05, 0.1) is 5.25 Å². The van der Waals surface area contributed by atoms with Crippen LogP contribution in [-0.2, 0) is 29.5 Å². The van der Waals surface area contributed by atoms with Gasteiger partial charge in [0.1, 0.15) is 6.17 Å². The van der Waals surface area contributed by atoms with E-state index in [9.17, 15) is 42.8 Å². The molecule has 1 aliphatic carbocycles. The minimum Gasteiger partial charge on any atom is -0.247 e. The van der Waals surface area contributed by atoms with Crippen molar-refractivity contribution < 1.29 is 42.8 Å². The third-order valence-corrected chi connectivity index (χ3v) is 12.0. The van der Waals surface area contributed by atoms with E-state index >= 15 is 0 Å². The molecule has 0 amide bonds. The lowest BCUT2D eigenvalue weighted by Gasteiger charge is -2.21. The van der Waals surface area contributed by atoms with Crippen LogP contribution in [-0.4, -0.2) is 52.4 Å². The van der Waals surface area contributed by atoms with Crippen LogP contribution in [0.15, 0.2) is 0 Å². The standard InChI is InChI=1S/C8H12F4O6S3/c1-19(13,14)7(21(17,18)8(10,11)12)20(15,16)6-3-2-5(9)4-6/h5-7H,2-4H2,1H3. The molecule has 0 bridgehead atoms. The molecule has 1 fully saturated rings. The average molecular weight is 376 g/mol. The van der Waals surface area contributed by atoms with E-state index in [1.165, 1.54) is 0 Å². The predicted molar refractivity (Wildman–Crippen MR) is 65.1 cm³/mol. The molecule has 3 atom stereocenters. The van der Waals surface area contributed by atoms with Gasteiger partial charge in [-0.1, -0.05) is 0 Å². The first-order chi connectivity index (χ1) is 9.12. The van der Waals surface area contributed by atoms with Crippen molar-refractivity contribution in [2.45, 2.75) is 40.1 Å². The lowest BCUT2D eigenvalue weighted by atomic mass is 10.3. The molecule has 0 aromatic heterocycles. The summed E-state index contributed by atoms with van der Waals surface area (Å²) in [7, 11) is -16.9. The number of hydrogen-bond acceptors (Lipinski definition) is 6. The summed E-state index contributed by atoms with van der Waals surface area (Å²) in [6, 6.07) is 0. The van der Waals surface area contributed by atoms with Crippen LogP contribution >= 0.6 is 0 Å². The number of hydrogen-bond donors (Lipinski definition) is 0. The molecule has 1 saturated carbocycles. The molecular weight excluding hydrogens is 364 g/mol. The molecule has 0 aromatic carbocycles. The molecule has 0 saturated heterocycles. The smallest absolute Gasteiger partial charge is 0.247 e. The summed E-state index contributed by atoms with van der Waals surface area (Å²) >= 11 is 0. The summed E-state index contributed by atoms with van der Waals surface area (Å²) in [6.07, 6.45) is -2.98. The number of halogens is 4. The van der Waals surface area contributed by atoms with Crippen molar-refractivity contribution in [1.82, 2.24) is 0 Å². The van der Waals surface area contributed by atoms with Gasteiger partial charge in [0.15, 0.2) is 19.7 Å². The van der Waals surface area contributed by atoms with Crippen LogP contribution in [0.25, 0.3) is 0 Å². The van der Waals surface area contributed by atoms with Crippen LogP contribution in [0.3, 0.4) is 0 Å². The Morgan fingerprint density at radius 2 is 1.48 bits per heavy atom. The Hall–Kier alpha value is -0.430. The minimum absolute atomic E-state index is 0.0837. The summed E-state index contributed by atoms with van der Waals surface area (Å²) < 4.78 is 116. The minimum atomic E-state index is -6.51. The van der Waals surface area contributed by atoms with Crippen molar-refractivity contribution in [2.75, 3.05) is 6.26 Å². The Bertz CT molecular complexity index is 706.